The van der Waals surface area contributed by atoms with E-state index in [1.54, 1.807) is 0 Å². The normalized spacial score (nSPS) is 14.5. The topological polar surface area (TPSA) is 12.4 Å². The molecule has 0 saturated heterocycles. The Morgan fingerprint density at radius 1 is 1.27 bits per heavy atom. The Kier molecular flexibility index (Phi) is 8.95. The Hall–Kier alpha value is -1.22. The molecule has 0 aromatic heterocycles. The summed E-state index contributed by atoms with van der Waals surface area (Å²) in [6.07, 6.45) is -2.86. The molecule has 0 amide bonds. The number of thioether (sulfide) groups is 1. The molecule has 0 bridgehead atoms. The van der Waals surface area contributed by atoms with Gasteiger partial charge in [0.05, 0.1) is 5.25 Å². The quantitative estimate of drug-likeness (QED) is 0.174. The predicted molar refractivity (Wildman–Crippen MR) is 97.1 cm³/mol. The summed E-state index contributed by atoms with van der Waals surface area (Å²) in [7, 11) is 0. The fourth-order valence-electron chi connectivity index (χ4n) is 1.98. The summed E-state index contributed by atoms with van der Waals surface area (Å²) in [5.74, 6) is -3.59. The first-order valence-corrected chi connectivity index (χ1v) is 9.25. The summed E-state index contributed by atoms with van der Waals surface area (Å²) in [6.45, 7) is 4.99. The van der Waals surface area contributed by atoms with Crippen molar-refractivity contribution in [3.05, 3.63) is 59.6 Å². The minimum Gasteiger partial charge on any atom is -0.249 e. The lowest BCUT2D eigenvalue weighted by Gasteiger charge is -2.19. The van der Waals surface area contributed by atoms with Crippen LogP contribution in [0.2, 0.25) is 0 Å². The number of nitrogens with zero attached hydrogens (tertiary/aromatic N) is 1. The van der Waals surface area contributed by atoms with Crippen LogP contribution in [0.15, 0.2) is 41.6 Å². The van der Waals surface area contributed by atoms with Crippen molar-refractivity contribution in [3.8, 4) is 0 Å². The van der Waals surface area contributed by atoms with Gasteiger partial charge in [0.25, 0.3) is 0 Å². The second-order valence-corrected chi connectivity index (χ2v) is 7.28. The number of rotatable bonds is 8. The number of halogens is 7. The van der Waals surface area contributed by atoms with Crippen LogP contribution in [0, 0.1) is 17.5 Å². The SMILES string of the molecule is C=CC(Br)=N/C=C(\C)C(SCCCC(F)(F)F)c1c(F)ccc(F)c1F. The zero-order chi connectivity index (χ0) is 19.9. The van der Waals surface area contributed by atoms with Gasteiger partial charge in [-0.05, 0) is 58.8 Å². The summed E-state index contributed by atoms with van der Waals surface area (Å²) in [5, 5.41) is -1.02. The zero-order valence-electron chi connectivity index (χ0n) is 13.7. The standard InChI is InChI=1S/C17H16BrF6NS/c1-3-13(18)25-9-10(2)16(26-8-4-7-17(22,23)24)14-11(19)5-6-12(20)15(14)21/h3,5-6,9,16H,1,4,7-8H2,2H3/b10-9+,25-13?. The largest absolute Gasteiger partial charge is 0.389 e. The average Bonchev–Trinajstić information content (AvgIpc) is 2.56. The van der Waals surface area contributed by atoms with Crippen LogP contribution in [0.4, 0.5) is 26.3 Å². The fourth-order valence-corrected chi connectivity index (χ4v) is 3.34. The molecule has 0 heterocycles. The number of allylic oxidation sites excluding steroid dienone is 1. The smallest absolute Gasteiger partial charge is 0.249 e. The fraction of sp³-hybridized carbons (Fsp3) is 0.353. The highest BCUT2D eigenvalue weighted by Crippen LogP contribution is 2.40. The lowest BCUT2D eigenvalue weighted by Crippen LogP contribution is -2.09. The molecule has 0 aliphatic rings. The van der Waals surface area contributed by atoms with Gasteiger partial charge in [-0.25, -0.2) is 18.2 Å². The minimum atomic E-state index is -4.31. The first-order valence-electron chi connectivity index (χ1n) is 7.41. The van der Waals surface area contributed by atoms with Gasteiger partial charge in [-0.1, -0.05) is 6.58 Å². The van der Waals surface area contributed by atoms with Crippen molar-refractivity contribution in [1.82, 2.24) is 0 Å². The minimum absolute atomic E-state index is 0.0168. The van der Waals surface area contributed by atoms with E-state index in [1.807, 2.05) is 0 Å². The van der Waals surface area contributed by atoms with Gasteiger partial charge >= 0.3 is 6.18 Å². The van der Waals surface area contributed by atoms with E-state index in [4.69, 9.17) is 0 Å². The highest BCUT2D eigenvalue weighted by atomic mass is 79.9. The van der Waals surface area contributed by atoms with E-state index in [1.165, 1.54) is 19.2 Å². The van der Waals surface area contributed by atoms with Crippen molar-refractivity contribution in [1.29, 1.82) is 0 Å². The second kappa shape index (κ2) is 10.2. The van der Waals surface area contributed by atoms with Crippen molar-refractivity contribution in [3.63, 3.8) is 0 Å². The summed E-state index contributed by atoms with van der Waals surface area (Å²) in [4.78, 5) is 3.96. The molecule has 0 spiro atoms. The summed E-state index contributed by atoms with van der Waals surface area (Å²) < 4.78 is 78.9. The molecule has 0 aliphatic heterocycles. The number of benzene rings is 1. The Bertz CT molecular complexity index is 699. The van der Waals surface area contributed by atoms with Crippen LogP contribution in [0.1, 0.15) is 30.6 Å². The van der Waals surface area contributed by atoms with Crippen molar-refractivity contribution in [2.45, 2.75) is 31.2 Å². The van der Waals surface area contributed by atoms with E-state index >= 15 is 0 Å². The second-order valence-electron chi connectivity index (χ2n) is 5.26. The maximum Gasteiger partial charge on any atom is 0.389 e. The maximum absolute atomic E-state index is 14.1. The van der Waals surface area contributed by atoms with Gasteiger partial charge in [0, 0.05) is 18.2 Å². The summed E-state index contributed by atoms with van der Waals surface area (Å²) in [6, 6.07) is 1.44. The molecule has 0 fully saturated rings. The molecule has 9 heteroatoms. The van der Waals surface area contributed by atoms with E-state index in [0.29, 0.717) is 16.3 Å². The third-order valence-corrected chi connectivity index (χ3v) is 5.20. The molecule has 1 nitrogen and oxygen atoms in total. The van der Waals surface area contributed by atoms with E-state index in [2.05, 4.69) is 27.5 Å². The molecular weight excluding hydrogens is 444 g/mol. The molecule has 26 heavy (non-hydrogen) atoms. The summed E-state index contributed by atoms with van der Waals surface area (Å²) in [5.41, 5.74) is -0.190. The van der Waals surface area contributed by atoms with Crippen LogP contribution in [0.25, 0.3) is 0 Å². The van der Waals surface area contributed by atoms with Gasteiger partial charge in [-0.3, -0.25) is 0 Å². The number of hydrogen-bond acceptors (Lipinski definition) is 2. The first kappa shape index (κ1) is 22.8. The Labute approximate surface area is 160 Å². The zero-order valence-corrected chi connectivity index (χ0v) is 16.1. The van der Waals surface area contributed by atoms with Gasteiger partial charge in [-0.2, -0.15) is 13.2 Å². The molecule has 1 aromatic rings. The van der Waals surface area contributed by atoms with Gasteiger partial charge in [0.1, 0.15) is 10.4 Å². The van der Waals surface area contributed by atoms with E-state index in [0.717, 1.165) is 17.8 Å². The molecule has 1 atom stereocenters. The van der Waals surface area contributed by atoms with Crippen LogP contribution in [0.3, 0.4) is 0 Å². The number of alkyl halides is 3. The van der Waals surface area contributed by atoms with Crippen molar-refractivity contribution >= 4 is 32.3 Å². The van der Waals surface area contributed by atoms with Crippen molar-refractivity contribution in [2.24, 2.45) is 4.99 Å². The first-order chi connectivity index (χ1) is 12.1. The molecular formula is C17H16BrF6NS. The molecule has 0 N–H and O–H groups in total. The Morgan fingerprint density at radius 2 is 1.88 bits per heavy atom. The molecule has 0 saturated carbocycles. The Morgan fingerprint density at radius 3 is 2.46 bits per heavy atom. The third kappa shape index (κ3) is 7.19. The molecule has 144 valence electrons. The highest BCUT2D eigenvalue weighted by molar-refractivity contribution is 9.18. The van der Waals surface area contributed by atoms with Gasteiger partial charge in [0.2, 0.25) is 0 Å². The van der Waals surface area contributed by atoms with Crippen LogP contribution in [0.5, 0.6) is 0 Å². The molecule has 1 aromatic carbocycles. The molecule has 1 unspecified atom stereocenters. The van der Waals surface area contributed by atoms with Crippen LogP contribution < -0.4 is 0 Å². The third-order valence-electron chi connectivity index (χ3n) is 3.20. The molecule has 1 rings (SSSR count). The van der Waals surface area contributed by atoms with Crippen LogP contribution >= 0.6 is 27.7 Å². The summed E-state index contributed by atoms with van der Waals surface area (Å²) >= 11 is 3.98. The predicted octanol–water partition coefficient (Wildman–Crippen LogP) is 7.10. The molecule has 0 aliphatic carbocycles. The van der Waals surface area contributed by atoms with Crippen LogP contribution in [-0.2, 0) is 0 Å². The monoisotopic (exact) mass is 459 g/mol. The lowest BCUT2D eigenvalue weighted by molar-refractivity contribution is -0.134. The average molecular weight is 460 g/mol. The van der Waals surface area contributed by atoms with E-state index in [9.17, 15) is 26.3 Å². The maximum atomic E-state index is 14.1. The van der Waals surface area contributed by atoms with E-state index in [-0.39, 0.29) is 12.2 Å². The molecule has 0 radical (unpaired) electrons. The van der Waals surface area contributed by atoms with Crippen molar-refractivity contribution < 1.29 is 26.3 Å². The van der Waals surface area contributed by atoms with Gasteiger partial charge in [0.15, 0.2) is 11.6 Å². The lowest BCUT2D eigenvalue weighted by atomic mass is 10.0. The Balaban J connectivity index is 3.14. The van der Waals surface area contributed by atoms with Gasteiger partial charge in [-0.15, -0.1) is 11.8 Å². The van der Waals surface area contributed by atoms with E-state index < -0.39 is 40.9 Å². The number of hydrogen-bond donors (Lipinski definition) is 0. The van der Waals surface area contributed by atoms with Gasteiger partial charge < -0.3 is 0 Å². The number of aliphatic imine (C=N–C) groups is 1. The van der Waals surface area contributed by atoms with Crippen LogP contribution in [-0.4, -0.2) is 16.6 Å². The van der Waals surface area contributed by atoms with Crippen molar-refractivity contribution in [2.75, 3.05) is 5.75 Å². The highest BCUT2D eigenvalue weighted by Gasteiger charge is 2.28.